The van der Waals surface area contributed by atoms with Crippen LogP contribution in [0.2, 0.25) is 0 Å². The zero-order valence-electron chi connectivity index (χ0n) is 11.1. The van der Waals surface area contributed by atoms with Crippen molar-refractivity contribution in [1.29, 1.82) is 0 Å². The van der Waals surface area contributed by atoms with Crippen LogP contribution < -0.4 is 5.32 Å². The molecule has 2 aromatic heterocycles. The molecule has 0 saturated heterocycles. The van der Waals surface area contributed by atoms with Crippen LogP contribution in [0.4, 0.5) is 5.95 Å². The third-order valence-electron chi connectivity index (χ3n) is 3.18. The molecule has 0 aliphatic rings. The maximum atomic E-state index is 12.1. The van der Waals surface area contributed by atoms with Gasteiger partial charge in [0.2, 0.25) is 11.9 Å². The molecule has 1 aromatic carbocycles. The highest BCUT2D eigenvalue weighted by atomic mass is 16.1. The molecule has 2 N–H and O–H groups in total. The summed E-state index contributed by atoms with van der Waals surface area (Å²) in [7, 11) is 0. The third-order valence-corrected chi connectivity index (χ3v) is 3.18. The lowest BCUT2D eigenvalue weighted by atomic mass is 10.1. The highest BCUT2D eigenvalue weighted by Crippen LogP contribution is 2.22. The van der Waals surface area contributed by atoms with Crippen molar-refractivity contribution in [3.63, 3.8) is 0 Å². The second-order valence-corrected chi connectivity index (χ2v) is 4.57. The molecule has 0 radical (unpaired) electrons. The molecule has 2 heterocycles. The fourth-order valence-corrected chi connectivity index (χ4v) is 2.26. The van der Waals surface area contributed by atoms with Crippen LogP contribution in [0, 0.1) is 6.92 Å². The second-order valence-electron chi connectivity index (χ2n) is 4.57. The van der Waals surface area contributed by atoms with Gasteiger partial charge in [0.25, 0.3) is 0 Å². The van der Waals surface area contributed by atoms with E-state index < -0.39 is 0 Å². The van der Waals surface area contributed by atoms with Crippen molar-refractivity contribution in [3.05, 3.63) is 54.0 Å². The van der Waals surface area contributed by atoms with Crippen LogP contribution in [0.1, 0.15) is 11.3 Å². The number of carbonyl (C=O) groups is 1. The first kappa shape index (κ1) is 12.3. The number of rotatable bonds is 3. The Morgan fingerprint density at radius 1 is 1.20 bits per heavy atom. The molecule has 3 aromatic rings. The quantitative estimate of drug-likeness (QED) is 0.765. The van der Waals surface area contributed by atoms with Crippen molar-refractivity contribution in [2.45, 2.75) is 13.3 Å². The van der Waals surface area contributed by atoms with E-state index in [4.69, 9.17) is 0 Å². The number of aryl methyl sites for hydroxylation is 1. The van der Waals surface area contributed by atoms with Gasteiger partial charge in [-0.05, 0) is 24.6 Å². The van der Waals surface area contributed by atoms with Gasteiger partial charge in [0.15, 0.2) is 0 Å². The topological polar surface area (TPSA) is 70.7 Å². The van der Waals surface area contributed by atoms with Gasteiger partial charge in [0.1, 0.15) is 0 Å². The summed E-state index contributed by atoms with van der Waals surface area (Å²) >= 11 is 0. The number of anilines is 1. The standard InChI is InChI=1S/C15H14N4O/c1-10-12(11-5-2-3-6-13(11)18-10)9-14(20)19-15-16-7-4-8-17-15/h2-8,18H,9H2,1H3,(H,16,17,19,20). The molecule has 0 atom stereocenters. The number of hydrogen-bond donors (Lipinski definition) is 2. The SMILES string of the molecule is Cc1[nH]c2ccccc2c1CC(=O)Nc1ncccn1. The second kappa shape index (κ2) is 5.13. The number of aromatic nitrogens is 3. The molecule has 0 fully saturated rings. The molecule has 0 saturated carbocycles. The molecule has 100 valence electrons. The molecule has 3 rings (SSSR count). The lowest BCUT2D eigenvalue weighted by molar-refractivity contribution is -0.115. The van der Waals surface area contributed by atoms with Gasteiger partial charge in [-0.3, -0.25) is 10.1 Å². The van der Waals surface area contributed by atoms with Crippen molar-refractivity contribution in [2.75, 3.05) is 5.32 Å². The largest absolute Gasteiger partial charge is 0.358 e. The van der Waals surface area contributed by atoms with Crippen molar-refractivity contribution < 1.29 is 4.79 Å². The number of fused-ring (bicyclic) bond motifs is 1. The van der Waals surface area contributed by atoms with Crippen LogP contribution in [0.3, 0.4) is 0 Å². The Morgan fingerprint density at radius 2 is 1.95 bits per heavy atom. The van der Waals surface area contributed by atoms with E-state index in [9.17, 15) is 4.79 Å². The van der Waals surface area contributed by atoms with E-state index in [0.717, 1.165) is 22.2 Å². The minimum Gasteiger partial charge on any atom is -0.358 e. The normalized spacial score (nSPS) is 10.7. The van der Waals surface area contributed by atoms with Crippen molar-refractivity contribution in [3.8, 4) is 0 Å². The molecule has 5 heteroatoms. The van der Waals surface area contributed by atoms with Gasteiger partial charge < -0.3 is 4.98 Å². The predicted molar refractivity (Wildman–Crippen MR) is 77.4 cm³/mol. The average molecular weight is 266 g/mol. The van der Waals surface area contributed by atoms with E-state index in [1.54, 1.807) is 18.5 Å². The predicted octanol–water partition coefficient (Wildman–Crippen LogP) is 2.45. The van der Waals surface area contributed by atoms with Crippen LogP contribution >= 0.6 is 0 Å². The maximum absolute atomic E-state index is 12.1. The summed E-state index contributed by atoms with van der Waals surface area (Å²) < 4.78 is 0. The summed E-state index contributed by atoms with van der Waals surface area (Å²) in [6.45, 7) is 1.97. The van der Waals surface area contributed by atoms with Crippen molar-refractivity contribution in [2.24, 2.45) is 0 Å². The Hall–Kier alpha value is -2.69. The van der Waals surface area contributed by atoms with Gasteiger partial charge >= 0.3 is 0 Å². The van der Waals surface area contributed by atoms with Crippen LogP contribution in [-0.4, -0.2) is 20.9 Å². The zero-order valence-corrected chi connectivity index (χ0v) is 11.1. The van der Waals surface area contributed by atoms with Crippen LogP contribution in [-0.2, 0) is 11.2 Å². The van der Waals surface area contributed by atoms with E-state index in [1.165, 1.54) is 0 Å². The van der Waals surface area contributed by atoms with Gasteiger partial charge in [0, 0.05) is 29.0 Å². The molecule has 0 bridgehead atoms. The van der Waals surface area contributed by atoms with Crippen molar-refractivity contribution in [1.82, 2.24) is 15.0 Å². The lowest BCUT2D eigenvalue weighted by Gasteiger charge is -2.03. The summed E-state index contributed by atoms with van der Waals surface area (Å²) in [5.74, 6) is 0.207. The Kier molecular flexibility index (Phi) is 3.16. The Morgan fingerprint density at radius 3 is 2.75 bits per heavy atom. The molecule has 0 unspecified atom stereocenters. The summed E-state index contributed by atoms with van der Waals surface area (Å²) in [6.07, 6.45) is 3.49. The summed E-state index contributed by atoms with van der Waals surface area (Å²) in [4.78, 5) is 23.3. The smallest absolute Gasteiger partial charge is 0.231 e. The fraction of sp³-hybridized carbons (Fsp3) is 0.133. The van der Waals surface area contributed by atoms with E-state index in [1.807, 2.05) is 31.2 Å². The number of nitrogens with one attached hydrogen (secondary N) is 2. The zero-order chi connectivity index (χ0) is 13.9. The lowest BCUT2D eigenvalue weighted by Crippen LogP contribution is -2.16. The van der Waals surface area contributed by atoms with Crippen LogP contribution in [0.25, 0.3) is 10.9 Å². The molecule has 5 nitrogen and oxygen atoms in total. The van der Waals surface area contributed by atoms with Gasteiger partial charge in [-0.25, -0.2) is 9.97 Å². The van der Waals surface area contributed by atoms with E-state index in [0.29, 0.717) is 12.4 Å². The Balaban J connectivity index is 1.83. The van der Waals surface area contributed by atoms with Crippen molar-refractivity contribution >= 4 is 22.8 Å². The van der Waals surface area contributed by atoms with Gasteiger partial charge in [-0.1, -0.05) is 18.2 Å². The first-order valence-corrected chi connectivity index (χ1v) is 6.37. The summed E-state index contributed by atoms with van der Waals surface area (Å²) in [6, 6.07) is 9.67. The van der Waals surface area contributed by atoms with E-state index in [2.05, 4.69) is 20.3 Å². The summed E-state index contributed by atoms with van der Waals surface area (Å²) in [5.41, 5.74) is 3.06. The number of hydrogen-bond acceptors (Lipinski definition) is 3. The van der Waals surface area contributed by atoms with E-state index >= 15 is 0 Å². The average Bonchev–Trinajstić information content (AvgIpc) is 2.76. The minimum atomic E-state index is -0.121. The number of amides is 1. The van der Waals surface area contributed by atoms with Crippen LogP contribution in [0.15, 0.2) is 42.7 Å². The molecule has 0 aliphatic heterocycles. The number of aromatic amines is 1. The molecular formula is C15H14N4O. The fourth-order valence-electron chi connectivity index (χ4n) is 2.26. The first-order chi connectivity index (χ1) is 9.74. The van der Waals surface area contributed by atoms with Gasteiger partial charge in [-0.15, -0.1) is 0 Å². The minimum absolute atomic E-state index is 0.121. The Bertz CT molecular complexity index is 749. The maximum Gasteiger partial charge on any atom is 0.231 e. The number of H-pyrrole nitrogens is 1. The van der Waals surface area contributed by atoms with E-state index in [-0.39, 0.29) is 5.91 Å². The number of para-hydroxylation sites is 1. The number of carbonyl (C=O) groups excluding carboxylic acids is 1. The molecular weight excluding hydrogens is 252 g/mol. The van der Waals surface area contributed by atoms with Gasteiger partial charge in [-0.2, -0.15) is 0 Å². The number of nitrogens with zero attached hydrogens (tertiary/aromatic N) is 2. The third kappa shape index (κ3) is 2.38. The summed E-state index contributed by atoms with van der Waals surface area (Å²) in [5, 5.41) is 3.77. The highest BCUT2D eigenvalue weighted by molar-refractivity contribution is 5.95. The molecule has 20 heavy (non-hydrogen) atoms. The van der Waals surface area contributed by atoms with Crippen LogP contribution in [0.5, 0.6) is 0 Å². The molecule has 0 spiro atoms. The highest BCUT2D eigenvalue weighted by Gasteiger charge is 2.12. The Labute approximate surface area is 116 Å². The van der Waals surface area contributed by atoms with Gasteiger partial charge in [0.05, 0.1) is 6.42 Å². The monoisotopic (exact) mass is 266 g/mol. The first-order valence-electron chi connectivity index (χ1n) is 6.37. The number of benzene rings is 1. The molecule has 1 amide bonds. The molecule has 0 aliphatic carbocycles.